The molecule has 0 saturated carbocycles. The third-order valence-corrected chi connectivity index (χ3v) is 4.33. The van der Waals surface area contributed by atoms with Crippen LogP contribution >= 0.6 is 15.9 Å². The lowest BCUT2D eigenvalue weighted by molar-refractivity contribution is 0.460. The van der Waals surface area contributed by atoms with Crippen LogP contribution in [0.15, 0.2) is 34.9 Å². The molecule has 19 heavy (non-hydrogen) atoms. The van der Waals surface area contributed by atoms with Gasteiger partial charge in [-0.05, 0) is 56.0 Å². The van der Waals surface area contributed by atoms with Crippen molar-refractivity contribution >= 4 is 15.9 Å². The van der Waals surface area contributed by atoms with Crippen molar-refractivity contribution in [1.82, 2.24) is 15.1 Å². The number of halogens is 1. The lowest BCUT2D eigenvalue weighted by Crippen LogP contribution is -2.28. The quantitative estimate of drug-likeness (QED) is 0.919. The summed E-state index contributed by atoms with van der Waals surface area (Å²) in [7, 11) is 0. The van der Waals surface area contributed by atoms with Gasteiger partial charge in [-0.25, -0.2) is 4.68 Å². The molecule has 1 aliphatic rings. The Morgan fingerprint density at radius 2 is 2.32 bits per heavy atom. The molecule has 1 aromatic heterocycles. The summed E-state index contributed by atoms with van der Waals surface area (Å²) in [5, 5.41) is 8.04. The molecule has 1 unspecified atom stereocenters. The summed E-state index contributed by atoms with van der Waals surface area (Å²) in [5.74, 6) is 0.606. The highest BCUT2D eigenvalue weighted by Gasteiger charge is 2.20. The third-order valence-electron chi connectivity index (χ3n) is 3.84. The molecule has 0 radical (unpaired) electrons. The zero-order valence-corrected chi connectivity index (χ0v) is 12.7. The minimum Gasteiger partial charge on any atom is -0.316 e. The molecule has 1 fully saturated rings. The number of hydrogen-bond donors (Lipinski definition) is 1. The first kappa shape index (κ1) is 12.9. The predicted molar refractivity (Wildman–Crippen MR) is 80.8 cm³/mol. The first-order chi connectivity index (χ1) is 9.25. The van der Waals surface area contributed by atoms with Gasteiger partial charge < -0.3 is 5.32 Å². The second-order valence-corrected chi connectivity index (χ2v) is 6.04. The fourth-order valence-electron chi connectivity index (χ4n) is 2.81. The van der Waals surface area contributed by atoms with E-state index in [4.69, 9.17) is 0 Å². The number of rotatable bonds is 2. The molecule has 0 aliphatic carbocycles. The Bertz CT molecular complexity index is 571. The van der Waals surface area contributed by atoms with Gasteiger partial charge in [-0.2, -0.15) is 5.10 Å². The number of piperidine rings is 1. The van der Waals surface area contributed by atoms with E-state index in [9.17, 15) is 0 Å². The molecule has 4 heteroatoms. The number of hydrogen-bond acceptors (Lipinski definition) is 2. The maximum Gasteiger partial charge on any atom is 0.0660 e. The summed E-state index contributed by atoms with van der Waals surface area (Å²) in [4.78, 5) is 0. The maximum atomic E-state index is 4.57. The van der Waals surface area contributed by atoms with Gasteiger partial charge in [-0.3, -0.25) is 0 Å². The summed E-state index contributed by atoms with van der Waals surface area (Å²) in [6, 6.07) is 8.27. The summed E-state index contributed by atoms with van der Waals surface area (Å²) >= 11 is 3.52. The molecular weight excluding hydrogens is 302 g/mol. The average Bonchev–Trinajstić information content (AvgIpc) is 2.81. The van der Waals surface area contributed by atoms with E-state index in [1.165, 1.54) is 24.1 Å². The second-order valence-electron chi connectivity index (χ2n) is 5.12. The fourth-order valence-corrected chi connectivity index (χ4v) is 3.20. The Hall–Kier alpha value is -1.13. The normalized spacial score (nSPS) is 19.6. The lowest BCUT2D eigenvalue weighted by Gasteiger charge is -2.22. The van der Waals surface area contributed by atoms with Gasteiger partial charge in [0.05, 0.1) is 11.9 Å². The number of benzene rings is 1. The number of nitrogens with zero attached hydrogens (tertiary/aromatic N) is 2. The molecule has 2 aromatic rings. The van der Waals surface area contributed by atoms with Gasteiger partial charge in [0.25, 0.3) is 0 Å². The Labute approximate surface area is 122 Å². The summed E-state index contributed by atoms with van der Waals surface area (Å²) in [5.41, 5.74) is 3.75. The van der Waals surface area contributed by atoms with Gasteiger partial charge in [0.2, 0.25) is 0 Å². The van der Waals surface area contributed by atoms with Crippen LogP contribution in [0.3, 0.4) is 0 Å². The van der Waals surface area contributed by atoms with Crippen LogP contribution in [-0.2, 0) is 0 Å². The number of aromatic nitrogens is 2. The average molecular weight is 320 g/mol. The molecule has 1 atom stereocenters. The van der Waals surface area contributed by atoms with Crippen LogP contribution in [0.25, 0.3) is 5.69 Å². The number of nitrogens with one attached hydrogen (secondary N) is 1. The Balaban J connectivity index is 1.94. The Kier molecular flexibility index (Phi) is 3.71. The van der Waals surface area contributed by atoms with Gasteiger partial charge >= 0.3 is 0 Å². The first-order valence-corrected chi connectivity index (χ1v) is 7.56. The molecule has 1 aliphatic heterocycles. The van der Waals surface area contributed by atoms with Crippen LogP contribution < -0.4 is 5.32 Å². The second kappa shape index (κ2) is 5.47. The summed E-state index contributed by atoms with van der Waals surface area (Å²) in [6.45, 7) is 4.39. The molecular formula is C15H18BrN3. The van der Waals surface area contributed by atoms with Crippen molar-refractivity contribution in [3.63, 3.8) is 0 Å². The molecule has 0 bridgehead atoms. The van der Waals surface area contributed by atoms with Crippen LogP contribution in [0.2, 0.25) is 0 Å². The van der Waals surface area contributed by atoms with Gasteiger partial charge in [-0.1, -0.05) is 22.0 Å². The minimum atomic E-state index is 0.606. The highest BCUT2D eigenvalue weighted by molar-refractivity contribution is 9.10. The van der Waals surface area contributed by atoms with E-state index in [0.717, 1.165) is 23.2 Å². The minimum absolute atomic E-state index is 0.606. The molecule has 0 spiro atoms. The topological polar surface area (TPSA) is 29.9 Å². The van der Waals surface area contributed by atoms with Crippen molar-refractivity contribution in [1.29, 1.82) is 0 Å². The van der Waals surface area contributed by atoms with Crippen LogP contribution in [0, 0.1) is 6.92 Å². The predicted octanol–water partition coefficient (Wildman–Crippen LogP) is 3.41. The Morgan fingerprint density at radius 1 is 1.42 bits per heavy atom. The van der Waals surface area contributed by atoms with E-state index in [1.54, 1.807) is 0 Å². The van der Waals surface area contributed by atoms with Crippen molar-refractivity contribution in [3.8, 4) is 5.69 Å². The highest BCUT2D eigenvalue weighted by Crippen LogP contribution is 2.27. The first-order valence-electron chi connectivity index (χ1n) is 6.77. The standard InChI is InChI=1S/C15H18BrN3/c1-11-15(12-4-3-7-17-9-12)10-18-19(11)14-6-2-5-13(16)8-14/h2,5-6,8,10,12,17H,3-4,7,9H2,1H3. The van der Waals surface area contributed by atoms with Gasteiger partial charge in [-0.15, -0.1) is 0 Å². The summed E-state index contributed by atoms with van der Waals surface area (Å²) in [6.07, 6.45) is 4.55. The lowest BCUT2D eigenvalue weighted by atomic mass is 9.92. The zero-order valence-electron chi connectivity index (χ0n) is 11.1. The maximum absolute atomic E-state index is 4.57. The highest BCUT2D eigenvalue weighted by atomic mass is 79.9. The molecule has 100 valence electrons. The van der Waals surface area contributed by atoms with E-state index in [-0.39, 0.29) is 0 Å². The molecule has 1 aromatic carbocycles. The molecule has 2 heterocycles. The molecule has 1 saturated heterocycles. The molecule has 1 N–H and O–H groups in total. The summed E-state index contributed by atoms with van der Waals surface area (Å²) < 4.78 is 3.12. The molecule has 0 amide bonds. The van der Waals surface area contributed by atoms with Crippen LogP contribution in [0.4, 0.5) is 0 Å². The van der Waals surface area contributed by atoms with Crippen molar-refractivity contribution in [3.05, 3.63) is 46.2 Å². The SMILES string of the molecule is Cc1c(C2CCCNC2)cnn1-c1cccc(Br)c1. The Morgan fingerprint density at radius 3 is 3.05 bits per heavy atom. The monoisotopic (exact) mass is 319 g/mol. The zero-order chi connectivity index (χ0) is 13.2. The van der Waals surface area contributed by atoms with E-state index >= 15 is 0 Å². The van der Waals surface area contributed by atoms with Gasteiger partial charge in [0, 0.05) is 16.7 Å². The van der Waals surface area contributed by atoms with E-state index < -0.39 is 0 Å². The van der Waals surface area contributed by atoms with E-state index in [2.05, 4.69) is 45.4 Å². The van der Waals surface area contributed by atoms with Crippen molar-refractivity contribution in [2.45, 2.75) is 25.7 Å². The largest absolute Gasteiger partial charge is 0.316 e. The van der Waals surface area contributed by atoms with Crippen molar-refractivity contribution in [2.24, 2.45) is 0 Å². The van der Waals surface area contributed by atoms with Gasteiger partial charge in [0.15, 0.2) is 0 Å². The van der Waals surface area contributed by atoms with Crippen LogP contribution in [0.5, 0.6) is 0 Å². The molecule has 3 nitrogen and oxygen atoms in total. The smallest absolute Gasteiger partial charge is 0.0660 e. The van der Waals surface area contributed by atoms with Crippen molar-refractivity contribution < 1.29 is 0 Å². The van der Waals surface area contributed by atoms with Crippen LogP contribution in [-0.4, -0.2) is 22.9 Å². The van der Waals surface area contributed by atoms with E-state index in [0.29, 0.717) is 5.92 Å². The van der Waals surface area contributed by atoms with Crippen molar-refractivity contribution in [2.75, 3.05) is 13.1 Å². The molecule has 3 rings (SSSR count). The van der Waals surface area contributed by atoms with Crippen LogP contribution in [0.1, 0.15) is 30.0 Å². The van der Waals surface area contributed by atoms with E-state index in [1.807, 2.05) is 23.0 Å². The third kappa shape index (κ3) is 2.60. The fraction of sp³-hybridized carbons (Fsp3) is 0.400. The van der Waals surface area contributed by atoms with Gasteiger partial charge in [0.1, 0.15) is 0 Å².